The van der Waals surface area contributed by atoms with Gasteiger partial charge in [-0.25, -0.2) is 4.98 Å². The number of piperidine rings is 1. The number of carbonyl (C=O) groups is 1. The molecule has 2 heterocycles. The molecule has 0 saturated carbocycles. The minimum absolute atomic E-state index is 0.196. The third-order valence-corrected chi connectivity index (χ3v) is 4.94. The summed E-state index contributed by atoms with van der Waals surface area (Å²) in [5, 5.41) is 0. The molecule has 0 aliphatic carbocycles. The molecule has 0 unspecified atom stereocenters. The lowest BCUT2D eigenvalue weighted by atomic mass is 10.1. The third-order valence-electron chi connectivity index (χ3n) is 4.94. The van der Waals surface area contributed by atoms with Gasteiger partial charge in [-0.15, -0.1) is 0 Å². The van der Waals surface area contributed by atoms with Gasteiger partial charge in [-0.05, 0) is 37.5 Å². The molecule has 1 amide bonds. The minimum atomic E-state index is 0.196. The lowest BCUT2D eigenvalue weighted by molar-refractivity contribution is -0.132. The van der Waals surface area contributed by atoms with Gasteiger partial charge in [0.25, 0.3) is 0 Å². The molecule has 5 heteroatoms. The first-order chi connectivity index (χ1) is 12.0. The van der Waals surface area contributed by atoms with E-state index in [0.717, 1.165) is 43.8 Å². The maximum absolute atomic E-state index is 12.4. The van der Waals surface area contributed by atoms with Crippen molar-refractivity contribution in [1.29, 1.82) is 0 Å². The maximum atomic E-state index is 12.4. The lowest BCUT2D eigenvalue weighted by Gasteiger charge is -2.32. The Bertz CT molecular complexity index is 730. The molecule has 3 rings (SSSR count). The number of hydrogen-bond acceptors (Lipinski definition) is 3. The van der Waals surface area contributed by atoms with E-state index in [0.29, 0.717) is 6.42 Å². The SMILES string of the molecule is Cc1ccc(C)c(OC2CCN(C(=O)CCc3cncn3C)CC2)c1. The summed E-state index contributed by atoms with van der Waals surface area (Å²) in [5.41, 5.74) is 3.48. The zero-order chi connectivity index (χ0) is 17.8. The monoisotopic (exact) mass is 341 g/mol. The minimum Gasteiger partial charge on any atom is -0.490 e. The van der Waals surface area contributed by atoms with E-state index in [-0.39, 0.29) is 12.0 Å². The van der Waals surface area contributed by atoms with Crippen LogP contribution in [0.2, 0.25) is 0 Å². The molecule has 134 valence electrons. The fourth-order valence-electron chi connectivity index (χ4n) is 3.26. The van der Waals surface area contributed by atoms with Gasteiger partial charge in [0.05, 0.1) is 6.33 Å². The molecule has 0 spiro atoms. The third kappa shape index (κ3) is 4.41. The van der Waals surface area contributed by atoms with Crippen molar-refractivity contribution in [2.45, 2.75) is 45.6 Å². The number of aromatic nitrogens is 2. The number of likely N-dealkylation sites (tertiary alicyclic amines) is 1. The average molecular weight is 341 g/mol. The number of ether oxygens (including phenoxy) is 1. The molecule has 25 heavy (non-hydrogen) atoms. The van der Waals surface area contributed by atoms with E-state index in [1.54, 1.807) is 6.33 Å². The van der Waals surface area contributed by atoms with Gasteiger partial charge in [0, 0.05) is 51.3 Å². The summed E-state index contributed by atoms with van der Waals surface area (Å²) >= 11 is 0. The van der Waals surface area contributed by atoms with Crippen LogP contribution < -0.4 is 4.74 Å². The topological polar surface area (TPSA) is 47.4 Å². The Morgan fingerprint density at radius 1 is 1.28 bits per heavy atom. The second-order valence-electron chi connectivity index (χ2n) is 6.96. The van der Waals surface area contributed by atoms with Crippen LogP contribution in [0.25, 0.3) is 0 Å². The zero-order valence-electron chi connectivity index (χ0n) is 15.4. The molecule has 0 N–H and O–H groups in total. The quantitative estimate of drug-likeness (QED) is 0.840. The van der Waals surface area contributed by atoms with Gasteiger partial charge in [-0.1, -0.05) is 12.1 Å². The van der Waals surface area contributed by atoms with Crippen LogP contribution in [0, 0.1) is 13.8 Å². The van der Waals surface area contributed by atoms with E-state index in [9.17, 15) is 4.79 Å². The van der Waals surface area contributed by atoms with Crippen molar-refractivity contribution in [2.75, 3.05) is 13.1 Å². The molecular formula is C20H27N3O2. The van der Waals surface area contributed by atoms with E-state index in [1.165, 1.54) is 11.1 Å². The number of aryl methyl sites for hydroxylation is 4. The first-order valence-corrected chi connectivity index (χ1v) is 9.00. The standard InChI is InChI=1S/C20H27N3O2/c1-15-4-5-16(2)19(12-15)25-18-8-10-23(11-9-18)20(24)7-6-17-13-21-14-22(17)3/h4-5,12-14,18H,6-11H2,1-3H3. The largest absolute Gasteiger partial charge is 0.490 e. The van der Waals surface area contributed by atoms with Crippen molar-refractivity contribution in [1.82, 2.24) is 14.5 Å². The van der Waals surface area contributed by atoms with Crippen molar-refractivity contribution in [3.8, 4) is 5.75 Å². The number of amides is 1. The Hall–Kier alpha value is -2.30. The number of imidazole rings is 1. The van der Waals surface area contributed by atoms with Crippen molar-refractivity contribution in [2.24, 2.45) is 7.05 Å². The molecule has 5 nitrogen and oxygen atoms in total. The lowest BCUT2D eigenvalue weighted by Crippen LogP contribution is -2.42. The molecule has 0 radical (unpaired) electrons. The molecule has 0 atom stereocenters. The van der Waals surface area contributed by atoms with Gasteiger partial charge in [-0.3, -0.25) is 4.79 Å². The Morgan fingerprint density at radius 3 is 2.72 bits per heavy atom. The highest BCUT2D eigenvalue weighted by Gasteiger charge is 2.24. The molecule has 1 aliphatic rings. The van der Waals surface area contributed by atoms with Gasteiger partial charge < -0.3 is 14.2 Å². The average Bonchev–Trinajstić information content (AvgIpc) is 3.02. The van der Waals surface area contributed by atoms with Crippen LogP contribution in [0.5, 0.6) is 5.75 Å². The van der Waals surface area contributed by atoms with Crippen molar-refractivity contribution in [3.05, 3.63) is 47.5 Å². The summed E-state index contributed by atoms with van der Waals surface area (Å²) in [7, 11) is 1.96. The fourth-order valence-corrected chi connectivity index (χ4v) is 3.26. The molecule has 0 bridgehead atoms. The van der Waals surface area contributed by atoms with E-state index in [1.807, 2.05) is 22.7 Å². The van der Waals surface area contributed by atoms with Crippen LogP contribution in [-0.2, 0) is 18.3 Å². The van der Waals surface area contributed by atoms with Crippen molar-refractivity contribution >= 4 is 5.91 Å². The summed E-state index contributed by atoms with van der Waals surface area (Å²) < 4.78 is 8.15. The predicted octanol–water partition coefficient (Wildman–Crippen LogP) is 3.04. The van der Waals surface area contributed by atoms with Gasteiger partial charge in [0.2, 0.25) is 5.91 Å². The molecule has 1 fully saturated rings. The van der Waals surface area contributed by atoms with E-state index < -0.39 is 0 Å². The Kier molecular flexibility index (Phi) is 5.41. The maximum Gasteiger partial charge on any atom is 0.222 e. The van der Waals surface area contributed by atoms with E-state index in [4.69, 9.17) is 4.74 Å². The molecule has 2 aromatic rings. The van der Waals surface area contributed by atoms with Crippen LogP contribution in [0.15, 0.2) is 30.7 Å². The van der Waals surface area contributed by atoms with Crippen molar-refractivity contribution < 1.29 is 9.53 Å². The van der Waals surface area contributed by atoms with Gasteiger partial charge in [-0.2, -0.15) is 0 Å². The smallest absolute Gasteiger partial charge is 0.222 e. The highest BCUT2D eigenvalue weighted by atomic mass is 16.5. The molecule has 1 saturated heterocycles. The number of rotatable bonds is 5. The van der Waals surface area contributed by atoms with Crippen LogP contribution in [-0.4, -0.2) is 39.6 Å². The second-order valence-corrected chi connectivity index (χ2v) is 6.96. The van der Waals surface area contributed by atoms with Crippen LogP contribution in [0.3, 0.4) is 0 Å². The Morgan fingerprint density at radius 2 is 2.04 bits per heavy atom. The Balaban J connectivity index is 1.47. The number of hydrogen-bond donors (Lipinski definition) is 0. The second kappa shape index (κ2) is 7.72. The number of nitrogens with zero attached hydrogens (tertiary/aromatic N) is 3. The molecular weight excluding hydrogens is 314 g/mol. The summed E-state index contributed by atoms with van der Waals surface area (Å²) in [6, 6.07) is 6.30. The highest BCUT2D eigenvalue weighted by molar-refractivity contribution is 5.76. The van der Waals surface area contributed by atoms with E-state index >= 15 is 0 Å². The van der Waals surface area contributed by atoms with E-state index in [2.05, 4.69) is 37.0 Å². The summed E-state index contributed by atoms with van der Waals surface area (Å²) in [6.07, 6.45) is 6.88. The molecule has 1 aromatic heterocycles. The summed E-state index contributed by atoms with van der Waals surface area (Å²) in [4.78, 5) is 18.5. The summed E-state index contributed by atoms with van der Waals surface area (Å²) in [6.45, 7) is 5.71. The van der Waals surface area contributed by atoms with Gasteiger partial charge >= 0.3 is 0 Å². The first-order valence-electron chi connectivity index (χ1n) is 9.00. The fraction of sp³-hybridized carbons (Fsp3) is 0.500. The highest BCUT2D eigenvalue weighted by Crippen LogP contribution is 2.24. The first kappa shape index (κ1) is 17.5. The van der Waals surface area contributed by atoms with Crippen LogP contribution in [0.4, 0.5) is 0 Å². The normalized spacial score (nSPS) is 15.4. The number of benzene rings is 1. The van der Waals surface area contributed by atoms with Crippen LogP contribution in [0.1, 0.15) is 36.1 Å². The zero-order valence-corrected chi connectivity index (χ0v) is 15.4. The van der Waals surface area contributed by atoms with Crippen molar-refractivity contribution in [3.63, 3.8) is 0 Å². The summed E-state index contributed by atoms with van der Waals surface area (Å²) in [5.74, 6) is 1.20. The molecule has 1 aliphatic heterocycles. The predicted molar refractivity (Wildman–Crippen MR) is 97.7 cm³/mol. The van der Waals surface area contributed by atoms with Gasteiger partial charge in [0.15, 0.2) is 0 Å². The number of carbonyl (C=O) groups excluding carboxylic acids is 1. The van der Waals surface area contributed by atoms with Crippen LogP contribution >= 0.6 is 0 Å². The van der Waals surface area contributed by atoms with Gasteiger partial charge in [0.1, 0.15) is 11.9 Å². The molecule has 1 aromatic carbocycles. The Labute approximate surface area is 149 Å².